The molecule has 2 aromatic rings. The summed E-state index contributed by atoms with van der Waals surface area (Å²) in [5, 5.41) is 6.80. The summed E-state index contributed by atoms with van der Waals surface area (Å²) >= 11 is 5.80. The Labute approximate surface area is 148 Å². The number of benzene rings is 2. The van der Waals surface area contributed by atoms with E-state index in [1.807, 2.05) is 24.3 Å². The fraction of sp³-hybridized carbons (Fsp3) is 0.316. The van der Waals surface area contributed by atoms with Crippen LogP contribution in [-0.2, 0) is 4.79 Å². The predicted molar refractivity (Wildman–Crippen MR) is 100.0 cm³/mol. The average molecular weight is 347 g/mol. The second-order valence-electron chi connectivity index (χ2n) is 5.98. The van der Waals surface area contributed by atoms with Gasteiger partial charge in [-0.05, 0) is 60.9 Å². The maximum absolute atomic E-state index is 11.9. The van der Waals surface area contributed by atoms with E-state index in [0.29, 0.717) is 16.7 Å². The van der Waals surface area contributed by atoms with Crippen LogP contribution >= 0.6 is 11.6 Å². The van der Waals surface area contributed by atoms with Gasteiger partial charge in [-0.25, -0.2) is 0 Å². The number of ether oxygens (including phenoxy) is 1. The van der Waals surface area contributed by atoms with Crippen molar-refractivity contribution >= 4 is 28.9 Å². The van der Waals surface area contributed by atoms with Crippen molar-refractivity contribution in [3.8, 4) is 5.75 Å². The Bertz CT molecular complexity index is 639. The van der Waals surface area contributed by atoms with Gasteiger partial charge in [0.2, 0.25) is 0 Å². The lowest BCUT2D eigenvalue weighted by Gasteiger charge is -2.10. The molecule has 1 amide bonds. The Hall–Kier alpha value is -2.20. The van der Waals surface area contributed by atoms with Gasteiger partial charge in [0.25, 0.3) is 5.91 Å². The molecule has 0 heterocycles. The zero-order valence-corrected chi connectivity index (χ0v) is 14.8. The van der Waals surface area contributed by atoms with Crippen LogP contribution < -0.4 is 15.4 Å². The van der Waals surface area contributed by atoms with E-state index in [1.165, 1.54) is 0 Å². The number of carbonyl (C=O) groups is 1. The SMILES string of the molecule is CC(C)CCNc1ccc(NC(=O)COc2ccc(Cl)cc2)cc1. The largest absolute Gasteiger partial charge is 0.484 e. The molecule has 128 valence electrons. The summed E-state index contributed by atoms with van der Waals surface area (Å²) in [6.07, 6.45) is 1.13. The number of nitrogens with one attached hydrogen (secondary N) is 2. The van der Waals surface area contributed by atoms with Crippen molar-refractivity contribution in [3.63, 3.8) is 0 Å². The van der Waals surface area contributed by atoms with Gasteiger partial charge >= 0.3 is 0 Å². The minimum absolute atomic E-state index is 0.0456. The number of halogens is 1. The van der Waals surface area contributed by atoms with E-state index in [2.05, 4.69) is 24.5 Å². The van der Waals surface area contributed by atoms with E-state index in [4.69, 9.17) is 16.3 Å². The normalized spacial score (nSPS) is 10.5. The summed E-state index contributed by atoms with van der Waals surface area (Å²) in [7, 11) is 0. The molecule has 0 bridgehead atoms. The molecule has 4 nitrogen and oxygen atoms in total. The van der Waals surface area contributed by atoms with E-state index in [0.717, 1.165) is 24.3 Å². The number of carbonyl (C=O) groups excluding carboxylic acids is 1. The first kappa shape index (κ1) is 18.1. The maximum Gasteiger partial charge on any atom is 0.262 e. The highest BCUT2D eigenvalue weighted by atomic mass is 35.5. The third-order valence-corrected chi connectivity index (χ3v) is 3.66. The van der Waals surface area contributed by atoms with Crippen LogP contribution in [0.25, 0.3) is 0 Å². The lowest BCUT2D eigenvalue weighted by atomic mass is 10.1. The first-order chi connectivity index (χ1) is 11.5. The molecule has 5 heteroatoms. The summed E-state index contributed by atoms with van der Waals surface area (Å²) in [6, 6.07) is 14.6. The Morgan fingerprint density at radius 3 is 2.29 bits per heavy atom. The van der Waals surface area contributed by atoms with Gasteiger partial charge in [-0.3, -0.25) is 4.79 Å². The van der Waals surface area contributed by atoms with Crippen LogP contribution in [0.3, 0.4) is 0 Å². The van der Waals surface area contributed by atoms with Gasteiger partial charge in [0.15, 0.2) is 6.61 Å². The van der Waals surface area contributed by atoms with Crippen molar-refractivity contribution < 1.29 is 9.53 Å². The molecule has 0 saturated carbocycles. The number of rotatable bonds is 8. The molecule has 2 rings (SSSR count). The molecule has 24 heavy (non-hydrogen) atoms. The molecule has 0 fully saturated rings. The van der Waals surface area contributed by atoms with E-state index >= 15 is 0 Å². The second kappa shape index (κ2) is 9.18. The van der Waals surface area contributed by atoms with Crippen LogP contribution in [0.5, 0.6) is 5.75 Å². The molecule has 0 radical (unpaired) electrons. The minimum atomic E-state index is -0.203. The van der Waals surface area contributed by atoms with Gasteiger partial charge < -0.3 is 15.4 Å². The van der Waals surface area contributed by atoms with Crippen molar-refractivity contribution in [2.75, 3.05) is 23.8 Å². The average Bonchev–Trinajstić information content (AvgIpc) is 2.56. The summed E-state index contributed by atoms with van der Waals surface area (Å²) < 4.78 is 5.41. The van der Waals surface area contributed by atoms with Gasteiger partial charge in [0.05, 0.1) is 0 Å². The molecule has 0 aliphatic carbocycles. The van der Waals surface area contributed by atoms with Gasteiger partial charge in [-0.15, -0.1) is 0 Å². The van der Waals surface area contributed by atoms with Crippen LogP contribution in [0.15, 0.2) is 48.5 Å². The van der Waals surface area contributed by atoms with E-state index < -0.39 is 0 Å². The topological polar surface area (TPSA) is 50.4 Å². The highest BCUT2D eigenvalue weighted by Gasteiger charge is 2.04. The predicted octanol–water partition coefficient (Wildman–Crippen LogP) is 4.82. The molecule has 0 aromatic heterocycles. The van der Waals surface area contributed by atoms with Crippen LogP contribution in [0.1, 0.15) is 20.3 Å². The smallest absolute Gasteiger partial charge is 0.262 e. The van der Waals surface area contributed by atoms with Gasteiger partial charge in [-0.1, -0.05) is 25.4 Å². The molecule has 2 aromatic carbocycles. The zero-order valence-electron chi connectivity index (χ0n) is 14.0. The zero-order chi connectivity index (χ0) is 17.4. The number of hydrogen-bond donors (Lipinski definition) is 2. The number of hydrogen-bond acceptors (Lipinski definition) is 3. The van der Waals surface area contributed by atoms with Crippen molar-refractivity contribution in [1.82, 2.24) is 0 Å². The number of anilines is 2. The van der Waals surface area contributed by atoms with E-state index in [9.17, 15) is 4.79 Å². The van der Waals surface area contributed by atoms with Crippen LogP contribution in [0, 0.1) is 5.92 Å². The maximum atomic E-state index is 11.9. The molecule has 0 aliphatic heterocycles. The van der Waals surface area contributed by atoms with Crippen molar-refractivity contribution in [3.05, 3.63) is 53.6 Å². The number of amides is 1. The van der Waals surface area contributed by atoms with E-state index in [1.54, 1.807) is 24.3 Å². The highest BCUT2D eigenvalue weighted by molar-refractivity contribution is 6.30. The minimum Gasteiger partial charge on any atom is -0.484 e. The lowest BCUT2D eigenvalue weighted by molar-refractivity contribution is -0.118. The summed E-state index contributed by atoms with van der Waals surface area (Å²) in [4.78, 5) is 11.9. The van der Waals surface area contributed by atoms with Gasteiger partial charge in [0, 0.05) is 22.9 Å². The van der Waals surface area contributed by atoms with Crippen LogP contribution in [0.2, 0.25) is 5.02 Å². The first-order valence-electron chi connectivity index (χ1n) is 8.05. The van der Waals surface area contributed by atoms with Gasteiger partial charge in [0.1, 0.15) is 5.75 Å². The molecule has 0 atom stereocenters. The molecule has 0 unspecified atom stereocenters. The molecule has 2 N–H and O–H groups in total. The van der Waals surface area contributed by atoms with E-state index in [-0.39, 0.29) is 12.5 Å². The fourth-order valence-electron chi connectivity index (χ4n) is 2.05. The molecule has 0 spiro atoms. The summed E-state index contributed by atoms with van der Waals surface area (Å²) in [6.45, 7) is 5.30. The molecule has 0 saturated heterocycles. The molecular weight excluding hydrogens is 324 g/mol. The quantitative estimate of drug-likeness (QED) is 0.720. The van der Waals surface area contributed by atoms with Crippen molar-refractivity contribution in [2.24, 2.45) is 5.92 Å². The lowest BCUT2D eigenvalue weighted by Crippen LogP contribution is -2.20. The fourth-order valence-corrected chi connectivity index (χ4v) is 2.18. The van der Waals surface area contributed by atoms with Crippen molar-refractivity contribution in [2.45, 2.75) is 20.3 Å². The van der Waals surface area contributed by atoms with Crippen LogP contribution in [0.4, 0.5) is 11.4 Å². The van der Waals surface area contributed by atoms with Gasteiger partial charge in [-0.2, -0.15) is 0 Å². The summed E-state index contributed by atoms with van der Waals surface area (Å²) in [5.74, 6) is 1.08. The highest BCUT2D eigenvalue weighted by Crippen LogP contribution is 2.16. The Kier molecular flexibility index (Phi) is 6.94. The molecular formula is C19H23ClN2O2. The second-order valence-corrected chi connectivity index (χ2v) is 6.41. The van der Waals surface area contributed by atoms with Crippen molar-refractivity contribution in [1.29, 1.82) is 0 Å². The third-order valence-electron chi connectivity index (χ3n) is 3.40. The van der Waals surface area contributed by atoms with Crippen LogP contribution in [-0.4, -0.2) is 19.1 Å². The Morgan fingerprint density at radius 1 is 1.04 bits per heavy atom. The Morgan fingerprint density at radius 2 is 1.67 bits per heavy atom. The molecule has 0 aliphatic rings. The third kappa shape index (κ3) is 6.50. The standard InChI is InChI=1S/C19H23ClN2O2/c1-14(2)11-12-21-16-5-7-17(8-6-16)22-19(23)13-24-18-9-3-15(20)4-10-18/h3-10,14,21H,11-13H2,1-2H3,(H,22,23). The first-order valence-corrected chi connectivity index (χ1v) is 8.43. The Balaban J connectivity index is 1.76. The monoisotopic (exact) mass is 346 g/mol. The summed E-state index contributed by atoms with van der Waals surface area (Å²) in [5.41, 5.74) is 1.79.